The molecule has 0 radical (unpaired) electrons. The van der Waals surface area contributed by atoms with Crippen LogP contribution in [0.3, 0.4) is 0 Å². The molecule has 2 aromatic rings. The summed E-state index contributed by atoms with van der Waals surface area (Å²) in [6.45, 7) is 0. The van der Waals surface area contributed by atoms with Crippen LogP contribution in [-0.2, 0) is 19.1 Å². The highest BCUT2D eigenvalue weighted by atomic mass is 32.1. The van der Waals surface area contributed by atoms with Gasteiger partial charge in [0, 0.05) is 18.4 Å². The van der Waals surface area contributed by atoms with Gasteiger partial charge in [0.05, 0.1) is 13.0 Å². The average Bonchev–Trinajstić information content (AvgIpc) is 3.21. The van der Waals surface area contributed by atoms with Crippen LogP contribution < -0.4 is 5.73 Å². The Morgan fingerprint density at radius 1 is 1.19 bits per heavy atom. The maximum absolute atomic E-state index is 13.1. The van der Waals surface area contributed by atoms with Crippen LogP contribution >= 0.6 is 11.3 Å². The van der Waals surface area contributed by atoms with Crippen molar-refractivity contribution in [3.63, 3.8) is 0 Å². The fourth-order valence-electron chi connectivity index (χ4n) is 3.85. The van der Waals surface area contributed by atoms with E-state index in [0.29, 0.717) is 24.2 Å². The number of esters is 1. The van der Waals surface area contributed by atoms with Gasteiger partial charge in [0.1, 0.15) is 11.3 Å². The van der Waals surface area contributed by atoms with E-state index in [1.54, 1.807) is 0 Å². The molecule has 0 amide bonds. The molecule has 2 aliphatic rings. The highest BCUT2D eigenvalue weighted by Gasteiger charge is 2.43. The number of thiophene rings is 1. The van der Waals surface area contributed by atoms with Crippen LogP contribution in [0.5, 0.6) is 0 Å². The third kappa shape index (κ3) is 3.06. The number of Topliss-reactive ketones (excluding diaryl/α,β-unsaturated/α-hetero) is 1. The van der Waals surface area contributed by atoms with E-state index in [4.69, 9.17) is 15.2 Å². The van der Waals surface area contributed by atoms with Crippen LogP contribution in [0.15, 0.2) is 69.9 Å². The normalized spacial score (nSPS) is 22.3. The Bertz CT molecular complexity index is 944. The Hall–Kier alpha value is -2.86. The molecule has 0 spiro atoms. The van der Waals surface area contributed by atoms with Crippen LogP contribution in [0.25, 0.3) is 0 Å². The van der Waals surface area contributed by atoms with E-state index in [-0.39, 0.29) is 23.2 Å². The Morgan fingerprint density at radius 2 is 1.96 bits per heavy atom. The van der Waals surface area contributed by atoms with Gasteiger partial charge in [0.15, 0.2) is 5.78 Å². The van der Waals surface area contributed by atoms with E-state index in [1.165, 1.54) is 18.4 Å². The first kappa shape index (κ1) is 17.5. The molecular formula is C21H19NO4S. The van der Waals surface area contributed by atoms with Crippen molar-refractivity contribution >= 4 is 23.1 Å². The quantitative estimate of drug-likeness (QED) is 0.822. The van der Waals surface area contributed by atoms with Crippen molar-refractivity contribution in [3.8, 4) is 0 Å². The molecule has 1 aromatic carbocycles. The van der Waals surface area contributed by atoms with Gasteiger partial charge in [-0.05, 0) is 33.9 Å². The first-order chi connectivity index (χ1) is 13.1. The third-order valence-corrected chi connectivity index (χ3v) is 5.79. The van der Waals surface area contributed by atoms with Crippen molar-refractivity contribution in [2.75, 3.05) is 7.11 Å². The molecule has 0 bridgehead atoms. The van der Waals surface area contributed by atoms with Gasteiger partial charge in [-0.25, -0.2) is 4.79 Å². The van der Waals surface area contributed by atoms with E-state index in [1.807, 2.05) is 47.2 Å². The van der Waals surface area contributed by atoms with E-state index in [0.717, 1.165) is 11.1 Å². The summed E-state index contributed by atoms with van der Waals surface area (Å²) in [5.41, 5.74) is 8.77. The zero-order chi connectivity index (χ0) is 19.0. The summed E-state index contributed by atoms with van der Waals surface area (Å²) < 4.78 is 10.7. The molecule has 1 aliphatic heterocycles. The summed E-state index contributed by atoms with van der Waals surface area (Å²) in [4.78, 5) is 25.5. The molecule has 2 heterocycles. The molecule has 1 aliphatic carbocycles. The summed E-state index contributed by atoms with van der Waals surface area (Å²) in [5.74, 6) is -0.534. The van der Waals surface area contributed by atoms with Crippen LogP contribution in [0.2, 0.25) is 0 Å². The molecule has 2 atom stereocenters. The molecule has 1 aromatic heterocycles. The molecular weight excluding hydrogens is 362 g/mol. The van der Waals surface area contributed by atoms with E-state index in [2.05, 4.69) is 0 Å². The number of carbonyl (C=O) groups is 2. The Balaban J connectivity index is 1.79. The minimum atomic E-state index is -0.576. The fourth-order valence-corrected chi connectivity index (χ4v) is 4.54. The zero-order valence-electron chi connectivity index (χ0n) is 14.8. The number of rotatable bonds is 3. The minimum absolute atomic E-state index is 0.0123. The van der Waals surface area contributed by atoms with Crippen molar-refractivity contribution in [2.24, 2.45) is 5.73 Å². The number of methoxy groups -OCH3 is 1. The van der Waals surface area contributed by atoms with Crippen LogP contribution in [0, 0.1) is 0 Å². The minimum Gasteiger partial charge on any atom is -0.465 e. The lowest BCUT2D eigenvalue weighted by atomic mass is 9.74. The molecule has 0 saturated carbocycles. The third-order valence-electron chi connectivity index (χ3n) is 5.09. The summed E-state index contributed by atoms with van der Waals surface area (Å²) in [7, 11) is 1.30. The summed E-state index contributed by atoms with van der Waals surface area (Å²) >= 11 is 1.50. The first-order valence-corrected chi connectivity index (χ1v) is 9.63. The van der Waals surface area contributed by atoms with Crippen LogP contribution in [0.4, 0.5) is 0 Å². The maximum Gasteiger partial charge on any atom is 0.340 e. The topological polar surface area (TPSA) is 78.6 Å². The predicted octanol–water partition coefficient (Wildman–Crippen LogP) is 3.61. The summed E-state index contributed by atoms with van der Waals surface area (Å²) in [6.07, 6.45) is 0.947. The van der Waals surface area contributed by atoms with Gasteiger partial charge in [0.2, 0.25) is 5.88 Å². The SMILES string of the molecule is COC(=O)C1=C(N)OC2=C(C(=O)C[C@@H](c3ccccc3)C2)[C@H]1c1ccsc1. The molecule has 27 heavy (non-hydrogen) atoms. The number of carbonyl (C=O) groups excluding carboxylic acids is 2. The monoisotopic (exact) mass is 381 g/mol. The lowest BCUT2D eigenvalue weighted by Crippen LogP contribution is -2.32. The highest BCUT2D eigenvalue weighted by Crippen LogP contribution is 2.47. The number of hydrogen-bond donors (Lipinski definition) is 1. The fraction of sp³-hybridized carbons (Fsp3) is 0.238. The molecule has 2 N–H and O–H groups in total. The molecule has 4 rings (SSSR count). The van der Waals surface area contributed by atoms with Gasteiger partial charge in [-0.2, -0.15) is 11.3 Å². The zero-order valence-corrected chi connectivity index (χ0v) is 15.6. The highest BCUT2D eigenvalue weighted by molar-refractivity contribution is 7.08. The van der Waals surface area contributed by atoms with Gasteiger partial charge in [-0.15, -0.1) is 0 Å². The van der Waals surface area contributed by atoms with E-state index >= 15 is 0 Å². The smallest absolute Gasteiger partial charge is 0.340 e. The lowest BCUT2D eigenvalue weighted by Gasteiger charge is -2.34. The molecule has 6 heteroatoms. The molecule has 0 fully saturated rings. The first-order valence-electron chi connectivity index (χ1n) is 8.69. The number of ketones is 1. The molecule has 0 saturated heterocycles. The largest absolute Gasteiger partial charge is 0.465 e. The average molecular weight is 381 g/mol. The van der Waals surface area contributed by atoms with Gasteiger partial charge in [0.25, 0.3) is 0 Å². The van der Waals surface area contributed by atoms with Gasteiger partial charge in [-0.1, -0.05) is 30.3 Å². The standard InChI is InChI=1S/C21H19NO4S/c1-25-21(24)19-17(13-7-8-27-11-13)18-15(23)9-14(10-16(18)26-20(19)22)12-5-3-2-4-6-12/h2-8,11,14,17H,9-10,22H2,1H3/t14-,17-/m1/s1. The van der Waals surface area contributed by atoms with Crippen molar-refractivity contribution < 1.29 is 19.1 Å². The van der Waals surface area contributed by atoms with E-state index in [9.17, 15) is 9.59 Å². The predicted molar refractivity (Wildman–Crippen MR) is 102 cm³/mol. The van der Waals surface area contributed by atoms with Gasteiger partial charge in [-0.3, -0.25) is 4.79 Å². The maximum atomic E-state index is 13.1. The Morgan fingerprint density at radius 3 is 2.63 bits per heavy atom. The van der Waals surface area contributed by atoms with Gasteiger partial charge >= 0.3 is 5.97 Å². The number of ether oxygens (including phenoxy) is 2. The second-order valence-electron chi connectivity index (χ2n) is 6.64. The van der Waals surface area contributed by atoms with Crippen LogP contribution in [0.1, 0.15) is 35.8 Å². The van der Waals surface area contributed by atoms with Crippen molar-refractivity contribution in [3.05, 3.63) is 81.1 Å². The molecule has 0 unspecified atom stereocenters. The number of hydrogen-bond acceptors (Lipinski definition) is 6. The van der Waals surface area contributed by atoms with E-state index < -0.39 is 11.9 Å². The number of benzene rings is 1. The molecule has 138 valence electrons. The summed E-state index contributed by atoms with van der Waals surface area (Å²) in [5, 5.41) is 3.84. The number of nitrogens with two attached hydrogens (primary N) is 1. The molecule has 5 nitrogen and oxygen atoms in total. The Labute approximate surface area is 161 Å². The van der Waals surface area contributed by atoms with Crippen LogP contribution in [-0.4, -0.2) is 18.9 Å². The lowest BCUT2D eigenvalue weighted by molar-refractivity contribution is -0.136. The van der Waals surface area contributed by atoms with Crippen molar-refractivity contribution in [1.29, 1.82) is 0 Å². The van der Waals surface area contributed by atoms with Gasteiger partial charge < -0.3 is 15.2 Å². The number of allylic oxidation sites excluding steroid dienone is 2. The van der Waals surface area contributed by atoms with Crippen molar-refractivity contribution in [2.45, 2.75) is 24.7 Å². The summed E-state index contributed by atoms with van der Waals surface area (Å²) in [6, 6.07) is 11.8. The second kappa shape index (κ2) is 7.04. The van der Waals surface area contributed by atoms with Crippen molar-refractivity contribution in [1.82, 2.24) is 0 Å². The second-order valence-corrected chi connectivity index (χ2v) is 7.42. The Kier molecular flexibility index (Phi) is 4.58.